The van der Waals surface area contributed by atoms with Gasteiger partial charge in [-0.25, -0.2) is 0 Å². The fraction of sp³-hybridized carbons (Fsp3) is 0.273. The summed E-state index contributed by atoms with van der Waals surface area (Å²) in [5.41, 5.74) is -0.0786. The van der Waals surface area contributed by atoms with Crippen LogP contribution in [0.4, 0.5) is 18.9 Å². The van der Waals surface area contributed by atoms with Gasteiger partial charge in [0.15, 0.2) is 0 Å². The van der Waals surface area contributed by atoms with Crippen LogP contribution in [0, 0.1) is 12.3 Å². The Kier molecular flexibility index (Phi) is 4.25. The van der Waals surface area contributed by atoms with E-state index in [0.717, 1.165) is 12.1 Å². The largest absolute Gasteiger partial charge is 0.416 e. The molecule has 0 fully saturated rings. The summed E-state index contributed by atoms with van der Waals surface area (Å²) in [5, 5.41) is 2.94. The van der Waals surface area contributed by atoms with Crippen LogP contribution in [-0.2, 0) is 6.18 Å². The second-order valence-corrected chi connectivity index (χ2v) is 3.93. The maximum atomic E-state index is 12.3. The molecule has 0 aromatic heterocycles. The van der Waals surface area contributed by atoms with Crippen LogP contribution in [0.2, 0.25) is 0 Å². The Morgan fingerprint density at radius 1 is 1.38 bits per heavy atom. The number of hydrogen-bond acceptors (Lipinski definition) is 1. The molecule has 0 unspecified atom stereocenters. The first-order chi connectivity index (χ1) is 7.45. The minimum absolute atomic E-state index is 0.374. The van der Waals surface area contributed by atoms with E-state index in [9.17, 15) is 13.2 Å². The Bertz CT molecular complexity index is 407. The van der Waals surface area contributed by atoms with Gasteiger partial charge in [0.2, 0.25) is 0 Å². The SMILES string of the molecule is C#CCCNc1ccc(C(F)(F)F)cc1Br. The number of hydrogen-bond donors (Lipinski definition) is 1. The molecule has 1 N–H and O–H groups in total. The van der Waals surface area contributed by atoms with Crippen molar-refractivity contribution < 1.29 is 13.2 Å². The third-order valence-corrected chi connectivity index (χ3v) is 2.54. The molecule has 0 heterocycles. The van der Waals surface area contributed by atoms with Gasteiger partial charge >= 0.3 is 6.18 Å². The summed E-state index contributed by atoms with van der Waals surface area (Å²) >= 11 is 3.08. The molecule has 16 heavy (non-hydrogen) atoms. The minimum atomic E-state index is -4.32. The summed E-state index contributed by atoms with van der Waals surface area (Å²) < 4.78 is 37.4. The van der Waals surface area contributed by atoms with E-state index in [1.165, 1.54) is 6.07 Å². The summed E-state index contributed by atoms with van der Waals surface area (Å²) in [5.74, 6) is 2.44. The van der Waals surface area contributed by atoms with Gasteiger partial charge in [-0.05, 0) is 34.1 Å². The average Bonchev–Trinajstić information content (AvgIpc) is 2.19. The Hall–Kier alpha value is -1.15. The first-order valence-corrected chi connectivity index (χ1v) is 5.28. The molecule has 0 saturated carbocycles. The number of alkyl halides is 3. The van der Waals surface area contributed by atoms with E-state index >= 15 is 0 Å². The first kappa shape index (κ1) is 12.9. The average molecular weight is 292 g/mol. The van der Waals surface area contributed by atoms with Crippen LogP contribution in [0.1, 0.15) is 12.0 Å². The highest BCUT2D eigenvalue weighted by Crippen LogP contribution is 2.33. The normalized spacial score (nSPS) is 10.9. The minimum Gasteiger partial charge on any atom is -0.383 e. The second-order valence-electron chi connectivity index (χ2n) is 3.07. The number of rotatable bonds is 3. The van der Waals surface area contributed by atoms with Crippen LogP contribution in [0.25, 0.3) is 0 Å². The molecule has 1 aromatic carbocycles. The number of nitrogens with one attached hydrogen (secondary N) is 1. The van der Waals surface area contributed by atoms with Crippen LogP contribution in [0.3, 0.4) is 0 Å². The van der Waals surface area contributed by atoms with Crippen LogP contribution in [0.5, 0.6) is 0 Å². The van der Waals surface area contributed by atoms with Crippen LogP contribution in [-0.4, -0.2) is 6.54 Å². The molecule has 0 saturated heterocycles. The van der Waals surface area contributed by atoms with Crippen molar-refractivity contribution in [3.63, 3.8) is 0 Å². The van der Waals surface area contributed by atoms with E-state index in [1.807, 2.05) is 0 Å². The van der Waals surface area contributed by atoms with Gasteiger partial charge in [-0.2, -0.15) is 13.2 Å². The Labute approximate surface area is 100 Å². The van der Waals surface area contributed by atoms with Crippen molar-refractivity contribution in [3.8, 4) is 12.3 Å². The predicted octanol–water partition coefficient (Wildman–Crippen LogP) is 3.90. The van der Waals surface area contributed by atoms with Gasteiger partial charge in [-0.15, -0.1) is 12.3 Å². The number of anilines is 1. The number of benzene rings is 1. The van der Waals surface area contributed by atoms with Crippen molar-refractivity contribution in [1.82, 2.24) is 0 Å². The Balaban J connectivity index is 2.80. The maximum absolute atomic E-state index is 12.3. The Morgan fingerprint density at radius 3 is 2.56 bits per heavy atom. The summed E-state index contributed by atoms with van der Waals surface area (Å²) in [7, 11) is 0. The lowest BCUT2D eigenvalue weighted by atomic mass is 10.2. The van der Waals surface area contributed by atoms with Crippen molar-refractivity contribution in [2.75, 3.05) is 11.9 Å². The molecule has 1 rings (SSSR count). The quantitative estimate of drug-likeness (QED) is 0.658. The fourth-order valence-corrected chi connectivity index (χ4v) is 1.62. The molecule has 1 nitrogen and oxygen atoms in total. The highest BCUT2D eigenvalue weighted by Gasteiger charge is 2.30. The third-order valence-electron chi connectivity index (χ3n) is 1.88. The van der Waals surface area contributed by atoms with Crippen molar-refractivity contribution in [2.24, 2.45) is 0 Å². The summed E-state index contributed by atoms with van der Waals surface area (Å²) in [6, 6.07) is 3.45. The molecule has 0 spiro atoms. The number of halogens is 4. The third kappa shape index (κ3) is 3.46. The zero-order valence-corrected chi connectivity index (χ0v) is 9.82. The van der Waals surface area contributed by atoms with Gasteiger partial charge in [0.1, 0.15) is 0 Å². The zero-order valence-electron chi connectivity index (χ0n) is 8.24. The highest BCUT2D eigenvalue weighted by atomic mass is 79.9. The first-order valence-electron chi connectivity index (χ1n) is 4.49. The van der Waals surface area contributed by atoms with Crippen LogP contribution < -0.4 is 5.32 Å². The highest BCUT2D eigenvalue weighted by molar-refractivity contribution is 9.10. The molecule has 5 heteroatoms. The Morgan fingerprint density at radius 2 is 2.06 bits per heavy atom. The standard InChI is InChI=1S/C11H9BrF3N/c1-2-3-6-16-10-5-4-8(7-9(10)12)11(13,14)15/h1,4-5,7,16H,3,6H2. The van der Waals surface area contributed by atoms with E-state index in [-0.39, 0.29) is 0 Å². The lowest BCUT2D eigenvalue weighted by Gasteiger charge is -2.11. The molecule has 0 atom stereocenters. The van der Waals surface area contributed by atoms with Crippen molar-refractivity contribution >= 4 is 21.6 Å². The van der Waals surface area contributed by atoms with Crippen LogP contribution in [0.15, 0.2) is 22.7 Å². The summed E-state index contributed by atoms with van der Waals surface area (Å²) in [6.45, 7) is 0.528. The molecule has 86 valence electrons. The smallest absolute Gasteiger partial charge is 0.383 e. The molecule has 0 bridgehead atoms. The zero-order chi connectivity index (χ0) is 12.2. The molecule has 1 aromatic rings. The van der Waals surface area contributed by atoms with E-state index in [1.54, 1.807) is 0 Å². The lowest BCUT2D eigenvalue weighted by molar-refractivity contribution is -0.137. The van der Waals surface area contributed by atoms with Gasteiger partial charge in [0, 0.05) is 23.1 Å². The molecule has 0 radical (unpaired) electrons. The number of terminal acetylenes is 1. The fourth-order valence-electron chi connectivity index (χ4n) is 1.10. The van der Waals surface area contributed by atoms with Gasteiger partial charge < -0.3 is 5.32 Å². The van der Waals surface area contributed by atoms with E-state index in [4.69, 9.17) is 6.42 Å². The lowest BCUT2D eigenvalue weighted by Crippen LogP contribution is -2.06. The van der Waals surface area contributed by atoms with Gasteiger partial charge in [-0.3, -0.25) is 0 Å². The van der Waals surface area contributed by atoms with Gasteiger partial charge in [0.05, 0.1) is 5.56 Å². The maximum Gasteiger partial charge on any atom is 0.416 e. The summed E-state index contributed by atoms with van der Waals surface area (Å²) in [6.07, 6.45) is 1.26. The molecular formula is C11H9BrF3N. The molecule has 0 aliphatic heterocycles. The molecule has 0 amide bonds. The molecule has 0 aliphatic carbocycles. The topological polar surface area (TPSA) is 12.0 Å². The van der Waals surface area contributed by atoms with Crippen molar-refractivity contribution in [2.45, 2.75) is 12.6 Å². The van der Waals surface area contributed by atoms with Crippen molar-refractivity contribution in [1.29, 1.82) is 0 Å². The second kappa shape index (κ2) is 5.26. The van der Waals surface area contributed by atoms with Crippen molar-refractivity contribution in [3.05, 3.63) is 28.2 Å². The van der Waals surface area contributed by atoms with Crippen LogP contribution >= 0.6 is 15.9 Å². The summed E-state index contributed by atoms with van der Waals surface area (Å²) in [4.78, 5) is 0. The van der Waals surface area contributed by atoms with E-state index in [0.29, 0.717) is 23.1 Å². The monoisotopic (exact) mass is 291 g/mol. The van der Waals surface area contributed by atoms with Gasteiger partial charge in [0.25, 0.3) is 0 Å². The van der Waals surface area contributed by atoms with E-state index < -0.39 is 11.7 Å². The molecular weight excluding hydrogens is 283 g/mol. The van der Waals surface area contributed by atoms with E-state index in [2.05, 4.69) is 27.2 Å². The molecule has 0 aliphatic rings. The van der Waals surface area contributed by atoms with Gasteiger partial charge in [-0.1, -0.05) is 0 Å². The predicted molar refractivity (Wildman–Crippen MR) is 61.1 cm³/mol.